The molecule has 2 amide bonds. The van der Waals surface area contributed by atoms with Crippen molar-refractivity contribution in [1.29, 1.82) is 0 Å². The van der Waals surface area contributed by atoms with Gasteiger partial charge in [-0.3, -0.25) is 14.5 Å². The van der Waals surface area contributed by atoms with Crippen LogP contribution in [0, 0.1) is 12.7 Å². The van der Waals surface area contributed by atoms with E-state index in [9.17, 15) is 14.0 Å². The van der Waals surface area contributed by atoms with E-state index in [0.29, 0.717) is 29.1 Å². The molecule has 0 radical (unpaired) electrons. The largest absolute Gasteiger partial charge is 0.326 e. The third kappa shape index (κ3) is 4.55. The number of hydrogen-bond acceptors (Lipinski definition) is 3. The van der Waals surface area contributed by atoms with E-state index in [1.807, 2.05) is 61.5 Å². The highest BCUT2D eigenvalue weighted by atomic mass is 32.2. The molecular weight excluding hydrogens is 423 g/mol. The predicted molar refractivity (Wildman–Crippen MR) is 128 cm³/mol. The molecule has 4 nitrogen and oxygen atoms in total. The Hall–Kier alpha value is -3.12. The van der Waals surface area contributed by atoms with Crippen LogP contribution in [0.4, 0.5) is 15.8 Å². The molecule has 1 fully saturated rings. The molecule has 1 saturated heterocycles. The van der Waals surface area contributed by atoms with Crippen LogP contribution in [0.2, 0.25) is 0 Å². The second-order valence-electron chi connectivity index (χ2n) is 7.85. The summed E-state index contributed by atoms with van der Waals surface area (Å²) in [5, 5.41) is 2.75. The predicted octanol–water partition coefficient (Wildman–Crippen LogP) is 6.05. The van der Waals surface area contributed by atoms with Crippen molar-refractivity contribution in [3.8, 4) is 0 Å². The maximum absolute atomic E-state index is 14.2. The van der Waals surface area contributed by atoms with Gasteiger partial charge in [-0.05, 0) is 54.3 Å². The summed E-state index contributed by atoms with van der Waals surface area (Å²) in [7, 11) is 0. The number of thioether (sulfide) groups is 1. The highest BCUT2D eigenvalue weighted by Gasteiger charge is 2.34. The number of carbonyl (C=O) groups excluding carboxylic acids is 2. The second kappa shape index (κ2) is 9.57. The number of rotatable bonds is 6. The number of nitrogens with one attached hydrogen (secondary N) is 1. The van der Waals surface area contributed by atoms with Crippen LogP contribution in [0.1, 0.15) is 41.3 Å². The second-order valence-corrected chi connectivity index (χ2v) is 8.92. The molecule has 1 N–H and O–H groups in total. The number of benzene rings is 3. The maximum Gasteiger partial charge on any atom is 0.238 e. The number of nitrogens with zero attached hydrogens (tertiary/aromatic N) is 1. The first-order chi connectivity index (χ1) is 15.5. The van der Waals surface area contributed by atoms with Crippen LogP contribution in [0.3, 0.4) is 0 Å². The zero-order chi connectivity index (χ0) is 22.7. The van der Waals surface area contributed by atoms with Crippen LogP contribution in [0.5, 0.6) is 0 Å². The summed E-state index contributed by atoms with van der Waals surface area (Å²) < 4.78 is 14.2. The topological polar surface area (TPSA) is 49.4 Å². The Bertz CT molecular complexity index is 1140. The van der Waals surface area contributed by atoms with E-state index < -0.39 is 0 Å². The molecule has 0 saturated carbocycles. The van der Waals surface area contributed by atoms with Gasteiger partial charge in [0.25, 0.3) is 0 Å². The van der Waals surface area contributed by atoms with Crippen molar-refractivity contribution in [1.82, 2.24) is 0 Å². The fraction of sp³-hybridized carbons (Fsp3) is 0.231. The van der Waals surface area contributed by atoms with Gasteiger partial charge in [-0.15, -0.1) is 11.8 Å². The van der Waals surface area contributed by atoms with Gasteiger partial charge in [0, 0.05) is 11.4 Å². The van der Waals surface area contributed by atoms with Crippen molar-refractivity contribution < 1.29 is 14.0 Å². The van der Waals surface area contributed by atoms with E-state index in [1.54, 1.807) is 24.0 Å². The van der Waals surface area contributed by atoms with E-state index in [-0.39, 0.29) is 28.9 Å². The highest BCUT2D eigenvalue weighted by molar-refractivity contribution is 8.00. The lowest BCUT2D eigenvalue weighted by atomic mass is 9.95. The first-order valence-corrected chi connectivity index (χ1v) is 11.7. The first kappa shape index (κ1) is 22.1. The van der Waals surface area contributed by atoms with Crippen LogP contribution in [0.25, 0.3) is 0 Å². The van der Waals surface area contributed by atoms with Crippen LogP contribution in [-0.2, 0) is 9.59 Å². The standard InChI is InChI=1S/C26H25FN2O2S/c1-3-22(18-8-5-4-6-9-18)25(31)28-20-11-7-10-19(14-20)26-29(24(30)16-32-26)21-13-12-17(2)23(27)15-21/h4-15,22,26H,3,16H2,1-2H3,(H,28,31)/t22-,26+/m0/s1. The summed E-state index contributed by atoms with van der Waals surface area (Å²) in [6.07, 6.45) is 0.690. The molecule has 0 aromatic heterocycles. The molecule has 1 heterocycles. The lowest BCUT2D eigenvalue weighted by Gasteiger charge is -2.25. The Morgan fingerprint density at radius 2 is 1.91 bits per heavy atom. The van der Waals surface area contributed by atoms with Gasteiger partial charge in [0.15, 0.2) is 0 Å². The lowest BCUT2D eigenvalue weighted by molar-refractivity contribution is -0.118. The zero-order valence-electron chi connectivity index (χ0n) is 18.0. The maximum atomic E-state index is 14.2. The molecule has 2 atom stereocenters. The van der Waals surface area contributed by atoms with Gasteiger partial charge < -0.3 is 5.32 Å². The molecular formula is C26H25FN2O2S. The molecule has 1 aliphatic heterocycles. The number of anilines is 2. The van der Waals surface area contributed by atoms with E-state index in [4.69, 9.17) is 0 Å². The molecule has 0 aliphatic carbocycles. The van der Waals surface area contributed by atoms with E-state index in [1.165, 1.54) is 17.8 Å². The number of hydrogen-bond donors (Lipinski definition) is 1. The van der Waals surface area contributed by atoms with Crippen LogP contribution in [0.15, 0.2) is 72.8 Å². The molecule has 6 heteroatoms. The molecule has 0 spiro atoms. The summed E-state index contributed by atoms with van der Waals surface area (Å²) >= 11 is 1.49. The van der Waals surface area contributed by atoms with Gasteiger partial charge in [0.05, 0.1) is 11.7 Å². The van der Waals surface area contributed by atoms with Crippen molar-refractivity contribution in [3.63, 3.8) is 0 Å². The quantitative estimate of drug-likeness (QED) is 0.500. The average Bonchev–Trinajstić information content (AvgIpc) is 3.18. The Kier molecular flexibility index (Phi) is 6.61. The van der Waals surface area contributed by atoms with Crippen LogP contribution in [-0.4, -0.2) is 17.6 Å². The minimum Gasteiger partial charge on any atom is -0.326 e. The van der Waals surface area contributed by atoms with Gasteiger partial charge in [-0.2, -0.15) is 0 Å². The SMILES string of the molecule is CC[C@H](C(=O)Nc1cccc([C@H]2SCC(=O)N2c2ccc(C)c(F)c2)c1)c1ccccc1. The minimum atomic E-state index is -0.335. The van der Waals surface area contributed by atoms with Crippen molar-refractivity contribution in [3.05, 3.63) is 95.3 Å². The van der Waals surface area contributed by atoms with Crippen LogP contribution >= 0.6 is 11.8 Å². The average molecular weight is 449 g/mol. The molecule has 32 heavy (non-hydrogen) atoms. The third-order valence-corrected chi connectivity index (χ3v) is 6.88. The van der Waals surface area contributed by atoms with Gasteiger partial charge in [0.1, 0.15) is 11.2 Å². The first-order valence-electron chi connectivity index (χ1n) is 10.6. The Morgan fingerprint density at radius 3 is 2.62 bits per heavy atom. The van der Waals surface area contributed by atoms with E-state index >= 15 is 0 Å². The van der Waals surface area contributed by atoms with Gasteiger partial charge in [-0.25, -0.2) is 4.39 Å². The van der Waals surface area contributed by atoms with Crippen molar-refractivity contribution in [2.45, 2.75) is 31.6 Å². The summed E-state index contributed by atoms with van der Waals surface area (Å²) in [6, 6.07) is 22.1. The normalized spacial score (nSPS) is 16.8. The Morgan fingerprint density at radius 1 is 1.12 bits per heavy atom. The van der Waals surface area contributed by atoms with E-state index in [0.717, 1.165) is 11.1 Å². The molecule has 3 aromatic rings. The van der Waals surface area contributed by atoms with Gasteiger partial charge >= 0.3 is 0 Å². The lowest BCUT2D eigenvalue weighted by Crippen LogP contribution is -2.28. The number of halogens is 1. The smallest absolute Gasteiger partial charge is 0.238 e. The number of aryl methyl sites for hydroxylation is 1. The number of carbonyl (C=O) groups is 2. The fourth-order valence-corrected chi connectivity index (χ4v) is 5.11. The minimum absolute atomic E-state index is 0.0622. The molecule has 0 bridgehead atoms. The van der Waals surface area contributed by atoms with Crippen LogP contribution < -0.4 is 10.2 Å². The molecule has 4 rings (SSSR count). The summed E-state index contributed by atoms with van der Waals surface area (Å²) in [5.74, 6) is -0.382. The molecule has 164 valence electrons. The van der Waals surface area contributed by atoms with Gasteiger partial charge in [-0.1, -0.05) is 55.5 Å². The van der Waals surface area contributed by atoms with E-state index in [2.05, 4.69) is 5.32 Å². The number of amides is 2. The Labute approximate surface area is 191 Å². The zero-order valence-corrected chi connectivity index (χ0v) is 18.9. The fourth-order valence-electron chi connectivity index (χ4n) is 3.94. The highest BCUT2D eigenvalue weighted by Crippen LogP contribution is 2.42. The molecule has 3 aromatic carbocycles. The molecule has 0 unspecified atom stereocenters. The van der Waals surface area contributed by atoms with Crippen molar-refractivity contribution in [2.24, 2.45) is 0 Å². The van der Waals surface area contributed by atoms with Crippen molar-refractivity contribution >= 4 is 35.0 Å². The van der Waals surface area contributed by atoms with Gasteiger partial charge in [0.2, 0.25) is 11.8 Å². The Balaban J connectivity index is 1.57. The molecule has 1 aliphatic rings. The summed E-state index contributed by atoms with van der Waals surface area (Å²) in [5.41, 5.74) is 3.62. The monoisotopic (exact) mass is 448 g/mol. The third-order valence-electron chi connectivity index (χ3n) is 5.67. The summed E-state index contributed by atoms with van der Waals surface area (Å²) in [4.78, 5) is 27.2. The summed E-state index contributed by atoms with van der Waals surface area (Å²) in [6.45, 7) is 3.69. The van der Waals surface area contributed by atoms with Crippen molar-refractivity contribution in [2.75, 3.05) is 16.0 Å².